The number of hydrogen-bond acceptors (Lipinski definition) is 4. The molecule has 2 N–H and O–H groups in total. The Bertz CT molecular complexity index is 388. The lowest BCUT2D eigenvalue weighted by Crippen LogP contribution is -2.45. The van der Waals surface area contributed by atoms with Crippen LogP contribution in [0.5, 0.6) is 0 Å². The molecule has 0 aromatic rings. The molecule has 0 aromatic carbocycles. The van der Waals surface area contributed by atoms with Crippen molar-refractivity contribution in [2.45, 2.75) is 38.4 Å². The van der Waals surface area contributed by atoms with E-state index in [2.05, 4.69) is 4.72 Å². The summed E-state index contributed by atoms with van der Waals surface area (Å²) in [6.45, 7) is 4.09. The van der Waals surface area contributed by atoms with E-state index in [4.69, 9.17) is 9.84 Å². The molecule has 1 saturated heterocycles. The SMILES string of the molecule is CCC(C)(CNS(=O)(=O)C1CCOCC1)C(=O)O. The summed E-state index contributed by atoms with van der Waals surface area (Å²) in [4.78, 5) is 11.1. The van der Waals surface area contributed by atoms with Gasteiger partial charge in [-0.15, -0.1) is 0 Å². The number of carboxylic acids is 1. The van der Waals surface area contributed by atoms with E-state index >= 15 is 0 Å². The van der Waals surface area contributed by atoms with E-state index in [-0.39, 0.29) is 6.54 Å². The summed E-state index contributed by atoms with van der Waals surface area (Å²) in [5, 5.41) is 8.61. The molecule has 0 saturated carbocycles. The van der Waals surface area contributed by atoms with Crippen LogP contribution in [0.1, 0.15) is 33.1 Å². The summed E-state index contributed by atoms with van der Waals surface area (Å²) in [6, 6.07) is 0. The molecule has 6 nitrogen and oxygen atoms in total. The second kappa shape index (κ2) is 5.99. The van der Waals surface area contributed by atoms with Gasteiger partial charge in [0, 0.05) is 19.8 Å². The van der Waals surface area contributed by atoms with Crippen LogP contribution in [0.15, 0.2) is 0 Å². The average Bonchev–Trinajstić information content (AvgIpc) is 2.37. The summed E-state index contributed by atoms with van der Waals surface area (Å²) in [6.07, 6.45) is 1.30. The monoisotopic (exact) mass is 279 g/mol. The molecule has 1 rings (SSSR count). The van der Waals surface area contributed by atoms with E-state index in [1.165, 1.54) is 0 Å². The zero-order valence-electron chi connectivity index (χ0n) is 10.8. The minimum Gasteiger partial charge on any atom is -0.481 e. The van der Waals surface area contributed by atoms with Crippen LogP contribution in [-0.2, 0) is 19.6 Å². The average molecular weight is 279 g/mol. The molecule has 0 aromatic heterocycles. The molecule has 18 heavy (non-hydrogen) atoms. The molecule has 1 unspecified atom stereocenters. The number of ether oxygens (including phenoxy) is 1. The highest BCUT2D eigenvalue weighted by Crippen LogP contribution is 2.22. The topological polar surface area (TPSA) is 92.7 Å². The Morgan fingerprint density at radius 2 is 2.00 bits per heavy atom. The molecule has 0 amide bonds. The van der Waals surface area contributed by atoms with Crippen molar-refractivity contribution in [2.75, 3.05) is 19.8 Å². The first-order chi connectivity index (χ1) is 8.32. The van der Waals surface area contributed by atoms with Crippen molar-refractivity contribution in [1.82, 2.24) is 4.72 Å². The normalized spacial score (nSPS) is 21.4. The van der Waals surface area contributed by atoms with Gasteiger partial charge in [0.1, 0.15) is 0 Å². The lowest BCUT2D eigenvalue weighted by Gasteiger charge is -2.26. The maximum absolute atomic E-state index is 12.0. The highest BCUT2D eigenvalue weighted by Gasteiger charge is 2.35. The van der Waals surface area contributed by atoms with Crippen LogP contribution < -0.4 is 4.72 Å². The van der Waals surface area contributed by atoms with Crippen molar-refractivity contribution >= 4 is 16.0 Å². The van der Waals surface area contributed by atoms with Crippen molar-refractivity contribution in [2.24, 2.45) is 5.41 Å². The fraction of sp³-hybridized carbons (Fsp3) is 0.909. The predicted octanol–water partition coefficient (Wildman–Crippen LogP) is 0.586. The van der Waals surface area contributed by atoms with Crippen LogP contribution in [0.3, 0.4) is 0 Å². The first-order valence-corrected chi connectivity index (χ1v) is 7.66. The quantitative estimate of drug-likeness (QED) is 0.742. The molecular formula is C11H21NO5S. The molecule has 1 aliphatic heterocycles. The van der Waals surface area contributed by atoms with Gasteiger partial charge in [0.15, 0.2) is 0 Å². The predicted molar refractivity (Wildman–Crippen MR) is 66.8 cm³/mol. The zero-order chi connectivity index (χ0) is 13.8. The Balaban J connectivity index is 2.63. The molecule has 1 atom stereocenters. The summed E-state index contributed by atoms with van der Waals surface area (Å²) in [5.41, 5.74) is -1.06. The third-order valence-corrected chi connectivity index (χ3v) is 5.46. The largest absolute Gasteiger partial charge is 0.481 e. The van der Waals surface area contributed by atoms with Gasteiger partial charge in [0.2, 0.25) is 10.0 Å². The summed E-state index contributed by atoms with van der Waals surface area (Å²) in [5.74, 6) is -0.986. The summed E-state index contributed by atoms with van der Waals surface area (Å²) < 4.78 is 31.6. The maximum atomic E-state index is 12.0. The van der Waals surface area contributed by atoms with Crippen LogP contribution in [0.25, 0.3) is 0 Å². The lowest BCUT2D eigenvalue weighted by molar-refractivity contribution is -0.147. The zero-order valence-corrected chi connectivity index (χ0v) is 11.6. The molecule has 1 fully saturated rings. The van der Waals surface area contributed by atoms with Gasteiger partial charge in [0.25, 0.3) is 0 Å². The summed E-state index contributed by atoms with van der Waals surface area (Å²) >= 11 is 0. The Hall–Kier alpha value is -0.660. The number of carboxylic acid groups (broad SMARTS) is 1. The van der Waals surface area contributed by atoms with E-state index in [1.807, 2.05) is 0 Å². The lowest BCUT2D eigenvalue weighted by atomic mass is 9.88. The van der Waals surface area contributed by atoms with Crippen molar-refractivity contribution in [3.05, 3.63) is 0 Å². The first kappa shape index (κ1) is 15.4. The van der Waals surface area contributed by atoms with Crippen LogP contribution in [0.4, 0.5) is 0 Å². The molecule has 7 heteroatoms. The second-order valence-electron chi connectivity index (χ2n) is 4.90. The number of rotatable bonds is 6. The number of nitrogens with one attached hydrogen (secondary N) is 1. The fourth-order valence-electron chi connectivity index (χ4n) is 1.72. The Kier molecular flexibility index (Phi) is 5.12. The van der Waals surface area contributed by atoms with E-state index in [1.54, 1.807) is 13.8 Å². The molecule has 1 heterocycles. The van der Waals surface area contributed by atoms with Gasteiger partial charge >= 0.3 is 5.97 Å². The van der Waals surface area contributed by atoms with Gasteiger partial charge in [-0.05, 0) is 26.2 Å². The molecule has 0 bridgehead atoms. The van der Waals surface area contributed by atoms with E-state index < -0.39 is 26.7 Å². The maximum Gasteiger partial charge on any atom is 0.310 e. The van der Waals surface area contributed by atoms with Gasteiger partial charge < -0.3 is 9.84 Å². The number of sulfonamides is 1. The molecule has 0 radical (unpaired) electrons. The molecule has 106 valence electrons. The Labute approximate surface area is 108 Å². The van der Waals surface area contributed by atoms with Crippen LogP contribution in [-0.4, -0.2) is 44.5 Å². The smallest absolute Gasteiger partial charge is 0.310 e. The van der Waals surface area contributed by atoms with Gasteiger partial charge in [-0.3, -0.25) is 4.79 Å². The van der Waals surface area contributed by atoms with Gasteiger partial charge in [-0.1, -0.05) is 6.92 Å². The van der Waals surface area contributed by atoms with E-state index in [0.29, 0.717) is 32.5 Å². The molecular weight excluding hydrogens is 258 g/mol. The standard InChI is InChI=1S/C11H21NO5S/c1-3-11(2,10(13)14)8-12-18(15,16)9-4-6-17-7-5-9/h9,12H,3-8H2,1-2H3,(H,13,14). The summed E-state index contributed by atoms with van der Waals surface area (Å²) in [7, 11) is -3.45. The van der Waals surface area contributed by atoms with Gasteiger partial charge in [-0.2, -0.15) is 0 Å². The van der Waals surface area contributed by atoms with E-state index in [0.717, 1.165) is 0 Å². The fourth-order valence-corrected chi connectivity index (χ4v) is 3.28. The van der Waals surface area contributed by atoms with Crippen molar-refractivity contribution in [3.63, 3.8) is 0 Å². The van der Waals surface area contributed by atoms with E-state index in [9.17, 15) is 13.2 Å². The van der Waals surface area contributed by atoms with Gasteiger partial charge in [-0.25, -0.2) is 13.1 Å². The molecule has 1 aliphatic rings. The number of aliphatic carboxylic acids is 1. The van der Waals surface area contributed by atoms with Crippen molar-refractivity contribution < 1.29 is 23.1 Å². The third kappa shape index (κ3) is 3.66. The molecule has 0 spiro atoms. The Morgan fingerprint density at radius 1 is 1.44 bits per heavy atom. The highest BCUT2D eigenvalue weighted by molar-refractivity contribution is 7.90. The van der Waals surface area contributed by atoms with Gasteiger partial charge in [0.05, 0.1) is 10.7 Å². The minimum absolute atomic E-state index is 0.0709. The van der Waals surface area contributed by atoms with Crippen molar-refractivity contribution in [3.8, 4) is 0 Å². The van der Waals surface area contributed by atoms with Crippen LogP contribution in [0, 0.1) is 5.41 Å². The molecule has 0 aliphatic carbocycles. The Morgan fingerprint density at radius 3 is 2.44 bits per heavy atom. The number of hydrogen-bond donors (Lipinski definition) is 2. The highest BCUT2D eigenvalue weighted by atomic mass is 32.2. The first-order valence-electron chi connectivity index (χ1n) is 6.11. The minimum atomic E-state index is -3.45. The second-order valence-corrected chi connectivity index (χ2v) is 6.94. The van der Waals surface area contributed by atoms with Crippen LogP contribution >= 0.6 is 0 Å². The van der Waals surface area contributed by atoms with Crippen LogP contribution in [0.2, 0.25) is 0 Å². The number of carbonyl (C=O) groups is 1. The third-order valence-electron chi connectivity index (χ3n) is 3.57. The van der Waals surface area contributed by atoms with Crippen molar-refractivity contribution in [1.29, 1.82) is 0 Å².